The SMILES string of the molecule is O=C(N[C@H]1CCN(c2ccccc2F)C1=O)c1cccc2cn[nH]c12. The Hall–Kier alpha value is -3.22. The van der Waals surface area contributed by atoms with Gasteiger partial charge in [0.25, 0.3) is 5.91 Å². The number of H-pyrrole nitrogens is 1. The van der Waals surface area contributed by atoms with E-state index in [-0.39, 0.29) is 17.5 Å². The van der Waals surface area contributed by atoms with Crippen molar-refractivity contribution < 1.29 is 14.0 Å². The Kier molecular flexibility index (Phi) is 3.68. The van der Waals surface area contributed by atoms with E-state index in [0.29, 0.717) is 24.0 Å². The van der Waals surface area contributed by atoms with Crippen molar-refractivity contribution in [3.8, 4) is 0 Å². The topological polar surface area (TPSA) is 78.1 Å². The molecule has 25 heavy (non-hydrogen) atoms. The van der Waals surface area contributed by atoms with Crippen LogP contribution in [-0.2, 0) is 4.79 Å². The van der Waals surface area contributed by atoms with Gasteiger partial charge in [-0.05, 0) is 24.6 Å². The van der Waals surface area contributed by atoms with E-state index in [1.54, 1.807) is 36.5 Å². The summed E-state index contributed by atoms with van der Waals surface area (Å²) >= 11 is 0. The zero-order valence-corrected chi connectivity index (χ0v) is 13.2. The second-order valence-corrected chi connectivity index (χ2v) is 5.90. The van der Waals surface area contributed by atoms with Crippen molar-refractivity contribution in [2.45, 2.75) is 12.5 Å². The number of amides is 2. The largest absolute Gasteiger partial charge is 0.340 e. The van der Waals surface area contributed by atoms with Crippen molar-refractivity contribution in [2.24, 2.45) is 0 Å². The summed E-state index contributed by atoms with van der Waals surface area (Å²) in [5, 5.41) is 10.3. The number of carbonyl (C=O) groups is 2. The molecule has 7 heteroatoms. The summed E-state index contributed by atoms with van der Waals surface area (Å²) in [7, 11) is 0. The Balaban J connectivity index is 1.54. The lowest BCUT2D eigenvalue weighted by molar-refractivity contribution is -0.118. The zero-order chi connectivity index (χ0) is 17.4. The van der Waals surface area contributed by atoms with Crippen LogP contribution in [0.15, 0.2) is 48.7 Å². The zero-order valence-electron chi connectivity index (χ0n) is 13.2. The second kappa shape index (κ2) is 6.01. The standard InChI is InChI=1S/C18H15FN4O2/c19-13-6-1-2-7-15(13)23-9-8-14(18(23)25)21-17(24)12-5-3-4-11-10-20-22-16(11)12/h1-7,10,14H,8-9H2,(H,20,22)(H,21,24)/t14-/m0/s1. The van der Waals surface area contributed by atoms with E-state index in [2.05, 4.69) is 15.5 Å². The number of fused-ring (bicyclic) bond motifs is 1. The van der Waals surface area contributed by atoms with Crippen LogP contribution in [0.25, 0.3) is 10.9 Å². The highest BCUT2D eigenvalue weighted by Gasteiger charge is 2.35. The number of aromatic amines is 1. The normalized spacial score (nSPS) is 17.2. The monoisotopic (exact) mass is 338 g/mol. The number of anilines is 1. The fourth-order valence-electron chi connectivity index (χ4n) is 3.12. The maximum absolute atomic E-state index is 13.9. The van der Waals surface area contributed by atoms with Crippen molar-refractivity contribution >= 4 is 28.4 Å². The minimum Gasteiger partial charge on any atom is -0.340 e. The summed E-state index contributed by atoms with van der Waals surface area (Å²) in [5.74, 6) is -1.12. The molecule has 0 bridgehead atoms. The number of rotatable bonds is 3. The summed E-state index contributed by atoms with van der Waals surface area (Å²) in [6.45, 7) is 0.360. The van der Waals surface area contributed by atoms with E-state index < -0.39 is 11.9 Å². The number of benzene rings is 2. The van der Waals surface area contributed by atoms with E-state index in [9.17, 15) is 14.0 Å². The van der Waals surface area contributed by atoms with Crippen LogP contribution in [0.3, 0.4) is 0 Å². The van der Waals surface area contributed by atoms with Crippen molar-refractivity contribution in [3.05, 3.63) is 60.0 Å². The Morgan fingerprint density at radius 2 is 2.08 bits per heavy atom. The molecule has 2 amide bonds. The number of para-hydroxylation sites is 2. The maximum atomic E-state index is 13.9. The van der Waals surface area contributed by atoms with Gasteiger partial charge < -0.3 is 10.2 Å². The van der Waals surface area contributed by atoms with Crippen molar-refractivity contribution in [2.75, 3.05) is 11.4 Å². The molecule has 2 heterocycles. The Bertz CT molecular complexity index is 968. The minimum absolute atomic E-state index is 0.236. The third-order valence-electron chi connectivity index (χ3n) is 4.38. The molecule has 0 radical (unpaired) electrons. The number of hydrogen-bond donors (Lipinski definition) is 2. The van der Waals surface area contributed by atoms with E-state index in [1.807, 2.05) is 6.07 Å². The van der Waals surface area contributed by atoms with Crippen LogP contribution in [0.5, 0.6) is 0 Å². The van der Waals surface area contributed by atoms with E-state index >= 15 is 0 Å². The molecule has 0 unspecified atom stereocenters. The molecule has 6 nitrogen and oxygen atoms in total. The molecule has 1 saturated heterocycles. The Labute approximate surface area is 142 Å². The molecule has 1 fully saturated rings. The highest BCUT2D eigenvalue weighted by molar-refractivity contribution is 6.08. The maximum Gasteiger partial charge on any atom is 0.254 e. The first-order valence-corrected chi connectivity index (χ1v) is 7.94. The lowest BCUT2D eigenvalue weighted by Crippen LogP contribution is -2.41. The van der Waals surface area contributed by atoms with Crippen LogP contribution < -0.4 is 10.2 Å². The summed E-state index contributed by atoms with van der Waals surface area (Å²) < 4.78 is 13.9. The molecule has 4 rings (SSSR count). The third kappa shape index (κ3) is 2.63. The first-order chi connectivity index (χ1) is 12.1. The first kappa shape index (κ1) is 15.3. The molecule has 2 N–H and O–H groups in total. The fraction of sp³-hybridized carbons (Fsp3) is 0.167. The van der Waals surface area contributed by atoms with Crippen LogP contribution in [0, 0.1) is 5.82 Å². The molecule has 1 aliphatic heterocycles. The molecular weight excluding hydrogens is 323 g/mol. The highest BCUT2D eigenvalue weighted by atomic mass is 19.1. The molecule has 2 aromatic carbocycles. The summed E-state index contributed by atoms with van der Waals surface area (Å²) in [5.41, 5.74) is 1.28. The number of aromatic nitrogens is 2. The number of halogens is 1. The van der Waals surface area contributed by atoms with E-state index in [1.165, 1.54) is 11.0 Å². The summed E-state index contributed by atoms with van der Waals surface area (Å²) in [4.78, 5) is 26.5. The molecule has 126 valence electrons. The third-order valence-corrected chi connectivity index (χ3v) is 4.38. The van der Waals surface area contributed by atoms with Gasteiger partial charge in [0.2, 0.25) is 5.91 Å². The molecule has 3 aromatic rings. The molecule has 0 aliphatic carbocycles. The first-order valence-electron chi connectivity index (χ1n) is 7.94. The number of carbonyl (C=O) groups excluding carboxylic acids is 2. The molecule has 1 aromatic heterocycles. The summed E-state index contributed by atoms with van der Waals surface area (Å²) in [6, 6.07) is 10.7. The highest BCUT2D eigenvalue weighted by Crippen LogP contribution is 2.25. The van der Waals surface area contributed by atoms with Crippen LogP contribution >= 0.6 is 0 Å². The van der Waals surface area contributed by atoms with Gasteiger partial charge in [-0.15, -0.1) is 0 Å². The number of nitrogens with one attached hydrogen (secondary N) is 2. The van der Waals surface area contributed by atoms with E-state index in [4.69, 9.17) is 0 Å². The fourth-order valence-corrected chi connectivity index (χ4v) is 3.12. The minimum atomic E-state index is -0.676. The van der Waals surface area contributed by atoms with Crippen molar-refractivity contribution in [3.63, 3.8) is 0 Å². The second-order valence-electron chi connectivity index (χ2n) is 5.90. The van der Waals surface area contributed by atoms with Gasteiger partial charge in [0.1, 0.15) is 11.9 Å². The Morgan fingerprint density at radius 3 is 2.92 bits per heavy atom. The lowest BCUT2D eigenvalue weighted by atomic mass is 10.1. The number of nitrogens with zero attached hydrogens (tertiary/aromatic N) is 2. The smallest absolute Gasteiger partial charge is 0.254 e. The molecule has 1 atom stereocenters. The average Bonchev–Trinajstić information content (AvgIpc) is 3.23. The quantitative estimate of drug-likeness (QED) is 0.769. The molecule has 0 saturated carbocycles. The average molecular weight is 338 g/mol. The van der Waals surface area contributed by atoms with Crippen molar-refractivity contribution in [1.82, 2.24) is 15.5 Å². The molecule has 0 spiro atoms. The van der Waals surface area contributed by atoms with Crippen molar-refractivity contribution in [1.29, 1.82) is 0 Å². The van der Waals surface area contributed by atoms with Crippen LogP contribution in [0.1, 0.15) is 16.8 Å². The van der Waals surface area contributed by atoms with Crippen LogP contribution in [0.4, 0.5) is 10.1 Å². The predicted octanol–water partition coefficient (Wildman–Crippen LogP) is 2.24. The van der Waals surface area contributed by atoms with Gasteiger partial charge >= 0.3 is 0 Å². The molecule has 1 aliphatic rings. The van der Waals surface area contributed by atoms with Crippen LogP contribution in [-0.4, -0.2) is 34.6 Å². The van der Waals surface area contributed by atoms with Gasteiger partial charge in [-0.1, -0.05) is 24.3 Å². The van der Waals surface area contributed by atoms with Crippen LogP contribution in [0.2, 0.25) is 0 Å². The number of hydrogen-bond acceptors (Lipinski definition) is 3. The Morgan fingerprint density at radius 1 is 1.24 bits per heavy atom. The lowest BCUT2D eigenvalue weighted by Gasteiger charge is -2.18. The van der Waals surface area contributed by atoms with Gasteiger partial charge in [-0.25, -0.2) is 4.39 Å². The van der Waals surface area contributed by atoms with Gasteiger partial charge in [-0.2, -0.15) is 5.10 Å². The molecular formula is C18H15FN4O2. The van der Waals surface area contributed by atoms with Gasteiger partial charge in [0, 0.05) is 11.9 Å². The van der Waals surface area contributed by atoms with Gasteiger partial charge in [0.05, 0.1) is 23.0 Å². The van der Waals surface area contributed by atoms with Gasteiger partial charge in [-0.3, -0.25) is 14.7 Å². The summed E-state index contributed by atoms with van der Waals surface area (Å²) in [6.07, 6.45) is 2.06. The van der Waals surface area contributed by atoms with Gasteiger partial charge in [0.15, 0.2) is 0 Å². The van der Waals surface area contributed by atoms with E-state index in [0.717, 1.165) is 5.39 Å². The predicted molar refractivity (Wildman–Crippen MR) is 90.7 cm³/mol.